The standard InChI is InChI=1S/C19H33N5O5/c1-22-10-8-6-4-5-7-9-15(24(3)17(27)11-20-14-25)19(29)21-12-16(26)23(2)13-18(22)28/h14-15H,4-13H2,1-3H3,(H,20,25)(H,21,29). The molecule has 0 aromatic heterocycles. The largest absolute Gasteiger partial charge is 0.350 e. The van der Waals surface area contributed by atoms with Crippen molar-refractivity contribution in [3.8, 4) is 0 Å². The molecule has 1 atom stereocenters. The molecule has 1 fully saturated rings. The van der Waals surface area contributed by atoms with Gasteiger partial charge in [0.05, 0.1) is 19.6 Å². The highest BCUT2D eigenvalue weighted by atomic mass is 16.2. The maximum absolute atomic E-state index is 12.7. The molecule has 2 N–H and O–H groups in total. The Bertz CT molecular complexity index is 598. The quantitative estimate of drug-likeness (QED) is 0.572. The average molecular weight is 412 g/mol. The minimum Gasteiger partial charge on any atom is -0.350 e. The molecule has 0 spiro atoms. The smallest absolute Gasteiger partial charge is 0.243 e. The molecule has 1 heterocycles. The first kappa shape index (κ1) is 24.4. The zero-order chi connectivity index (χ0) is 21.8. The summed E-state index contributed by atoms with van der Waals surface area (Å²) in [5.74, 6) is -1.35. The molecular formula is C19H33N5O5. The molecule has 1 rings (SSSR count). The minimum atomic E-state index is -0.727. The summed E-state index contributed by atoms with van der Waals surface area (Å²) < 4.78 is 0. The zero-order valence-electron chi connectivity index (χ0n) is 17.6. The van der Waals surface area contributed by atoms with Crippen molar-refractivity contribution >= 4 is 30.0 Å². The molecule has 164 valence electrons. The maximum atomic E-state index is 12.7. The Morgan fingerprint density at radius 2 is 1.76 bits per heavy atom. The molecule has 0 aromatic carbocycles. The maximum Gasteiger partial charge on any atom is 0.243 e. The molecular weight excluding hydrogens is 378 g/mol. The van der Waals surface area contributed by atoms with Crippen molar-refractivity contribution in [1.82, 2.24) is 25.3 Å². The first-order valence-electron chi connectivity index (χ1n) is 9.96. The number of carbonyl (C=O) groups is 5. The zero-order valence-corrected chi connectivity index (χ0v) is 17.6. The second-order valence-corrected chi connectivity index (χ2v) is 7.36. The lowest BCUT2D eigenvalue weighted by Gasteiger charge is -2.28. The van der Waals surface area contributed by atoms with Gasteiger partial charge in [0.2, 0.25) is 30.0 Å². The number of nitrogens with one attached hydrogen (secondary N) is 2. The van der Waals surface area contributed by atoms with Gasteiger partial charge in [-0.05, 0) is 12.8 Å². The Morgan fingerprint density at radius 1 is 1.10 bits per heavy atom. The van der Waals surface area contributed by atoms with Crippen molar-refractivity contribution in [1.29, 1.82) is 0 Å². The van der Waals surface area contributed by atoms with Gasteiger partial charge >= 0.3 is 0 Å². The summed E-state index contributed by atoms with van der Waals surface area (Å²) in [6, 6.07) is -0.727. The molecule has 1 aliphatic rings. The van der Waals surface area contributed by atoms with Gasteiger partial charge in [-0.25, -0.2) is 0 Å². The van der Waals surface area contributed by atoms with Gasteiger partial charge in [0, 0.05) is 27.7 Å². The van der Waals surface area contributed by atoms with Gasteiger partial charge in [-0.2, -0.15) is 0 Å². The van der Waals surface area contributed by atoms with Gasteiger partial charge in [0.25, 0.3) is 0 Å². The van der Waals surface area contributed by atoms with Crippen molar-refractivity contribution in [2.45, 2.75) is 44.6 Å². The van der Waals surface area contributed by atoms with Crippen LogP contribution in [0.1, 0.15) is 38.5 Å². The fraction of sp³-hybridized carbons (Fsp3) is 0.737. The SMILES string of the molecule is CN1CCCCCCCC(N(C)C(=O)CNC=O)C(=O)NCC(=O)N(C)CC1=O. The van der Waals surface area contributed by atoms with Crippen molar-refractivity contribution < 1.29 is 24.0 Å². The fourth-order valence-electron chi connectivity index (χ4n) is 3.10. The summed E-state index contributed by atoms with van der Waals surface area (Å²) in [5.41, 5.74) is 0. The number of rotatable bonds is 4. The lowest BCUT2D eigenvalue weighted by molar-refractivity contribution is -0.141. The van der Waals surface area contributed by atoms with Crippen LogP contribution in [0.3, 0.4) is 0 Å². The van der Waals surface area contributed by atoms with E-state index in [4.69, 9.17) is 0 Å². The van der Waals surface area contributed by atoms with E-state index in [2.05, 4.69) is 10.6 Å². The Balaban J connectivity index is 2.83. The molecule has 29 heavy (non-hydrogen) atoms. The Hall–Kier alpha value is -2.65. The summed E-state index contributed by atoms with van der Waals surface area (Å²) in [4.78, 5) is 63.9. The van der Waals surface area contributed by atoms with E-state index in [-0.39, 0.29) is 37.4 Å². The molecule has 5 amide bonds. The normalized spacial score (nSPS) is 20.8. The molecule has 0 radical (unpaired) electrons. The van der Waals surface area contributed by atoms with Gasteiger partial charge in [-0.15, -0.1) is 0 Å². The predicted octanol–water partition coefficient (Wildman–Crippen LogP) is -1.05. The molecule has 0 bridgehead atoms. The molecule has 10 heteroatoms. The van der Waals surface area contributed by atoms with E-state index < -0.39 is 11.9 Å². The molecule has 0 aromatic rings. The highest BCUT2D eigenvalue weighted by Gasteiger charge is 2.27. The first-order chi connectivity index (χ1) is 13.8. The molecule has 1 unspecified atom stereocenters. The van der Waals surface area contributed by atoms with Crippen molar-refractivity contribution in [3.63, 3.8) is 0 Å². The number of carbonyl (C=O) groups excluding carboxylic acids is 5. The van der Waals surface area contributed by atoms with Crippen LogP contribution >= 0.6 is 0 Å². The van der Waals surface area contributed by atoms with Crippen molar-refractivity contribution in [2.75, 3.05) is 47.3 Å². The number of hydrogen-bond acceptors (Lipinski definition) is 5. The number of hydrogen-bond donors (Lipinski definition) is 2. The van der Waals surface area contributed by atoms with Crippen molar-refractivity contribution in [3.05, 3.63) is 0 Å². The van der Waals surface area contributed by atoms with Crippen LogP contribution in [0, 0.1) is 0 Å². The third kappa shape index (κ3) is 8.49. The fourth-order valence-corrected chi connectivity index (χ4v) is 3.10. The molecule has 0 saturated carbocycles. The van der Waals surface area contributed by atoms with E-state index >= 15 is 0 Å². The van der Waals surface area contributed by atoms with E-state index in [9.17, 15) is 24.0 Å². The molecule has 1 saturated heterocycles. The summed E-state index contributed by atoms with van der Waals surface area (Å²) in [5, 5.41) is 4.87. The van der Waals surface area contributed by atoms with E-state index in [0.717, 1.165) is 32.1 Å². The van der Waals surface area contributed by atoms with E-state index in [0.29, 0.717) is 19.4 Å². The second-order valence-electron chi connectivity index (χ2n) is 7.36. The second kappa shape index (κ2) is 12.7. The third-order valence-corrected chi connectivity index (χ3v) is 5.11. The minimum absolute atomic E-state index is 0.0512. The average Bonchev–Trinajstić information content (AvgIpc) is 2.70. The van der Waals surface area contributed by atoms with E-state index in [1.54, 1.807) is 11.9 Å². The molecule has 1 aliphatic heterocycles. The van der Waals surface area contributed by atoms with Gasteiger partial charge in [0.15, 0.2) is 0 Å². The van der Waals surface area contributed by atoms with Gasteiger partial charge in [0.1, 0.15) is 6.04 Å². The number of amides is 5. The van der Waals surface area contributed by atoms with Crippen LogP contribution in [0.15, 0.2) is 0 Å². The highest BCUT2D eigenvalue weighted by molar-refractivity contribution is 5.92. The summed E-state index contributed by atoms with van der Waals surface area (Å²) in [6.07, 6.45) is 5.35. The number of likely N-dealkylation sites (N-methyl/N-ethyl adjacent to an activating group) is 3. The molecule has 0 aliphatic carbocycles. The van der Waals surface area contributed by atoms with Crippen LogP contribution < -0.4 is 10.6 Å². The summed E-state index contributed by atoms with van der Waals surface area (Å²) in [6.45, 7) is 0.143. The topological polar surface area (TPSA) is 119 Å². The van der Waals surface area contributed by atoms with E-state index in [1.807, 2.05) is 0 Å². The first-order valence-corrected chi connectivity index (χ1v) is 9.96. The third-order valence-electron chi connectivity index (χ3n) is 5.11. The van der Waals surface area contributed by atoms with Crippen LogP contribution in [0.5, 0.6) is 0 Å². The van der Waals surface area contributed by atoms with Gasteiger partial charge in [-0.1, -0.05) is 25.7 Å². The van der Waals surface area contributed by atoms with Gasteiger partial charge in [-0.3, -0.25) is 24.0 Å². The Kier molecular flexibility index (Phi) is 10.7. The predicted molar refractivity (Wildman–Crippen MR) is 107 cm³/mol. The lowest BCUT2D eigenvalue weighted by Crippen LogP contribution is -2.51. The van der Waals surface area contributed by atoms with Crippen LogP contribution in [0.4, 0.5) is 0 Å². The van der Waals surface area contributed by atoms with Crippen LogP contribution in [0.25, 0.3) is 0 Å². The van der Waals surface area contributed by atoms with Crippen LogP contribution in [-0.4, -0.2) is 98.1 Å². The van der Waals surface area contributed by atoms with Crippen LogP contribution in [-0.2, 0) is 24.0 Å². The number of nitrogens with zero attached hydrogens (tertiary/aromatic N) is 3. The Labute approximate surface area is 171 Å². The van der Waals surface area contributed by atoms with Gasteiger partial charge < -0.3 is 25.3 Å². The highest BCUT2D eigenvalue weighted by Crippen LogP contribution is 2.12. The van der Waals surface area contributed by atoms with Crippen molar-refractivity contribution in [2.24, 2.45) is 0 Å². The molecule has 10 nitrogen and oxygen atoms in total. The monoisotopic (exact) mass is 411 g/mol. The Morgan fingerprint density at radius 3 is 2.45 bits per heavy atom. The summed E-state index contributed by atoms with van der Waals surface area (Å²) >= 11 is 0. The van der Waals surface area contributed by atoms with E-state index in [1.165, 1.54) is 23.9 Å². The lowest BCUT2D eigenvalue weighted by atomic mass is 10.0. The summed E-state index contributed by atoms with van der Waals surface area (Å²) in [7, 11) is 4.75. The van der Waals surface area contributed by atoms with Crippen LogP contribution in [0.2, 0.25) is 0 Å².